The fourth-order valence-electron chi connectivity index (χ4n) is 3.91. The lowest BCUT2D eigenvalue weighted by Gasteiger charge is -2.15. The van der Waals surface area contributed by atoms with E-state index in [4.69, 9.17) is 5.11 Å². The van der Waals surface area contributed by atoms with Crippen molar-refractivity contribution in [3.05, 3.63) is 47.8 Å². The minimum absolute atomic E-state index is 0.0818. The van der Waals surface area contributed by atoms with Gasteiger partial charge in [0.15, 0.2) is 0 Å². The largest absolute Gasteiger partial charge is 0.481 e. The normalized spacial score (nSPS) is 14.9. The van der Waals surface area contributed by atoms with Crippen molar-refractivity contribution in [1.82, 2.24) is 9.78 Å². The van der Waals surface area contributed by atoms with Crippen LogP contribution in [0.25, 0.3) is 17.2 Å². The molecule has 1 aliphatic carbocycles. The molecule has 5 nitrogen and oxygen atoms in total. The Balaban J connectivity index is 1.72. The third-order valence-electron chi connectivity index (χ3n) is 5.94. The first kappa shape index (κ1) is 23.3. The van der Waals surface area contributed by atoms with Crippen LogP contribution in [0.1, 0.15) is 101 Å². The molecule has 1 fully saturated rings. The lowest BCUT2D eigenvalue weighted by molar-refractivity contribution is -0.137. The van der Waals surface area contributed by atoms with Crippen LogP contribution >= 0.6 is 0 Å². The Hall–Kier alpha value is -2.40. The maximum Gasteiger partial charge on any atom is 0.303 e. The van der Waals surface area contributed by atoms with Crippen LogP contribution < -0.4 is 0 Å². The average Bonchev–Trinajstić information content (AvgIpc) is 3.49. The van der Waals surface area contributed by atoms with Crippen LogP contribution in [0.2, 0.25) is 0 Å². The van der Waals surface area contributed by atoms with E-state index in [1.165, 1.54) is 44.9 Å². The molecule has 2 N–H and O–H groups in total. The molecule has 1 heterocycles. The summed E-state index contributed by atoms with van der Waals surface area (Å²) in [5.74, 6) is -0.821. The van der Waals surface area contributed by atoms with Crippen molar-refractivity contribution in [3.8, 4) is 11.1 Å². The number of rotatable bonds is 14. The van der Waals surface area contributed by atoms with Crippen molar-refractivity contribution in [3.63, 3.8) is 0 Å². The summed E-state index contributed by atoms with van der Waals surface area (Å²) in [4.78, 5) is 10.8. The molecular weight excluding hydrogens is 388 g/mol. The van der Waals surface area contributed by atoms with Gasteiger partial charge in [-0.2, -0.15) is 5.10 Å². The molecule has 1 atom stereocenters. The maximum absolute atomic E-state index is 10.8. The number of aromatic nitrogens is 2. The summed E-state index contributed by atoms with van der Waals surface area (Å²) in [5.41, 5.74) is 4.06. The van der Waals surface area contributed by atoms with Crippen LogP contribution in [0.4, 0.5) is 0 Å². The number of benzene rings is 1. The number of hydrogen-bond donors (Lipinski definition) is 2. The molecule has 1 saturated carbocycles. The zero-order valence-corrected chi connectivity index (χ0v) is 18.7. The van der Waals surface area contributed by atoms with Crippen molar-refractivity contribution in [2.24, 2.45) is 0 Å². The second-order valence-electron chi connectivity index (χ2n) is 8.69. The van der Waals surface area contributed by atoms with Crippen molar-refractivity contribution < 1.29 is 15.0 Å². The minimum atomic E-state index is -0.821. The topological polar surface area (TPSA) is 75.3 Å². The maximum atomic E-state index is 10.8. The molecule has 31 heavy (non-hydrogen) atoms. The predicted molar refractivity (Wildman–Crippen MR) is 125 cm³/mol. The van der Waals surface area contributed by atoms with E-state index in [1.807, 2.05) is 18.3 Å². The number of aliphatic hydroxyl groups is 1. The number of unbranched alkanes of at least 4 members (excludes halogenated alkanes) is 5. The van der Waals surface area contributed by atoms with Crippen LogP contribution in [-0.4, -0.2) is 26.0 Å². The van der Waals surface area contributed by atoms with E-state index in [9.17, 15) is 9.90 Å². The van der Waals surface area contributed by atoms with Gasteiger partial charge in [0.25, 0.3) is 0 Å². The van der Waals surface area contributed by atoms with E-state index in [1.54, 1.807) is 0 Å². The third kappa shape index (κ3) is 7.35. The first-order valence-corrected chi connectivity index (χ1v) is 11.8. The van der Waals surface area contributed by atoms with Gasteiger partial charge in [0.2, 0.25) is 0 Å². The summed E-state index contributed by atoms with van der Waals surface area (Å²) in [7, 11) is 0. The molecule has 0 spiro atoms. The number of carbonyl (C=O) groups is 1. The van der Waals surface area contributed by atoms with E-state index < -0.39 is 12.1 Å². The minimum Gasteiger partial charge on any atom is -0.481 e. The van der Waals surface area contributed by atoms with Gasteiger partial charge in [-0.25, -0.2) is 0 Å². The number of carboxylic acids is 1. The van der Waals surface area contributed by atoms with Crippen LogP contribution in [0.3, 0.4) is 0 Å². The van der Waals surface area contributed by atoms with E-state index >= 15 is 0 Å². The Labute approximate surface area is 185 Å². The smallest absolute Gasteiger partial charge is 0.303 e. The van der Waals surface area contributed by atoms with Gasteiger partial charge in [-0.3, -0.25) is 9.48 Å². The molecule has 2 aromatic rings. The third-order valence-corrected chi connectivity index (χ3v) is 5.94. The van der Waals surface area contributed by atoms with Gasteiger partial charge < -0.3 is 10.2 Å². The van der Waals surface area contributed by atoms with Crippen molar-refractivity contribution in [2.45, 2.75) is 89.7 Å². The molecule has 1 aliphatic rings. The lowest BCUT2D eigenvalue weighted by atomic mass is 9.94. The van der Waals surface area contributed by atoms with Crippen LogP contribution in [-0.2, 0) is 4.79 Å². The lowest BCUT2D eigenvalue weighted by Crippen LogP contribution is -2.02. The number of hydrogen-bond acceptors (Lipinski definition) is 3. The summed E-state index contributed by atoms with van der Waals surface area (Å²) in [6.45, 7) is 2.23. The standard InChI is InChI=1S/C26H36N2O3/c1-2-3-4-5-6-7-8-10-21-17-20(22-18-27-28(19-22)23-14-15-23)13-16-24(21)25(29)11-9-12-26(30)31/h8,10,13,16-19,23,25,29H,2-7,9,11-12,14-15H2,1H3,(H,30,31)/b10-8+. The number of aliphatic hydroxyl groups excluding tert-OH is 1. The highest BCUT2D eigenvalue weighted by molar-refractivity contribution is 5.68. The zero-order chi connectivity index (χ0) is 22.1. The molecule has 5 heteroatoms. The number of aliphatic carboxylic acids is 1. The Morgan fingerprint density at radius 2 is 2.00 bits per heavy atom. The molecule has 0 bridgehead atoms. The highest BCUT2D eigenvalue weighted by Crippen LogP contribution is 2.36. The fraction of sp³-hybridized carbons (Fsp3) is 0.538. The summed E-state index contributed by atoms with van der Waals surface area (Å²) in [5, 5.41) is 24.1. The van der Waals surface area contributed by atoms with Gasteiger partial charge in [-0.15, -0.1) is 0 Å². The Bertz CT molecular complexity index is 867. The molecule has 0 saturated heterocycles. The molecule has 0 amide bonds. The van der Waals surface area contributed by atoms with Crippen molar-refractivity contribution in [2.75, 3.05) is 0 Å². The van der Waals surface area contributed by atoms with E-state index in [-0.39, 0.29) is 6.42 Å². The number of allylic oxidation sites excluding steroid dienone is 1. The van der Waals surface area contributed by atoms with Crippen LogP contribution in [0, 0.1) is 0 Å². The molecule has 1 aromatic heterocycles. The second kappa shape index (κ2) is 11.8. The molecule has 168 valence electrons. The summed E-state index contributed by atoms with van der Waals surface area (Å²) in [6.07, 6.45) is 18.4. The van der Waals surface area contributed by atoms with Gasteiger partial charge in [0.1, 0.15) is 0 Å². The highest BCUT2D eigenvalue weighted by atomic mass is 16.4. The Morgan fingerprint density at radius 3 is 2.74 bits per heavy atom. The van der Waals surface area contributed by atoms with Crippen LogP contribution in [0.5, 0.6) is 0 Å². The molecule has 1 aromatic carbocycles. The first-order chi connectivity index (χ1) is 15.1. The molecule has 3 rings (SSSR count). The SMILES string of the molecule is CCCCCCC/C=C/c1cc(-c2cnn(C3CC3)c2)ccc1C(O)CCCC(=O)O. The molecular formula is C26H36N2O3. The highest BCUT2D eigenvalue weighted by Gasteiger charge is 2.24. The molecule has 0 aliphatic heterocycles. The Kier molecular flexibility index (Phi) is 8.89. The summed E-state index contributed by atoms with van der Waals surface area (Å²) < 4.78 is 2.05. The van der Waals surface area contributed by atoms with Crippen molar-refractivity contribution in [1.29, 1.82) is 0 Å². The quantitative estimate of drug-likeness (QED) is 0.337. The van der Waals surface area contributed by atoms with Crippen molar-refractivity contribution >= 4 is 12.0 Å². The summed E-state index contributed by atoms with van der Waals surface area (Å²) in [6, 6.07) is 6.69. The zero-order valence-electron chi connectivity index (χ0n) is 18.7. The number of carboxylic acid groups (broad SMARTS) is 1. The van der Waals surface area contributed by atoms with E-state index in [0.717, 1.165) is 28.7 Å². The Morgan fingerprint density at radius 1 is 1.19 bits per heavy atom. The van der Waals surface area contributed by atoms with Gasteiger partial charge in [0, 0.05) is 18.2 Å². The monoisotopic (exact) mass is 424 g/mol. The van der Waals surface area contributed by atoms with Gasteiger partial charge in [-0.05, 0) is 61.3 Å². The fourth-order valence-corrected chi connectivity index (χ4v) is 3.91. The molecule has 1 unspecified atom stereocenters. The van der Waals surface area contributed by atoms with Crippen LogP contribution in [0.15, 0.2) is 36.7 Å². The van der Waals surface area contributed by atoms with Gasteiger partial charge in [-0.1, -0.05) is 56.9 Å². The predicted octanol–water partition coefficient (Wildman–Crippen LogP) is 6.55. The van der Waals surface area contributed by atoms with Gasteiger partial charge >= 0.3 is 5.97 Å². The van der Waals surface area contributed by atoms with E-state index in [2.05, 4.69) is 41.1 Å². The van der Waals surface area contributed by atoms with E-state index in [0.29, 0.717) is 18.9 Å². The number of nitrogens with zero attached hydrogens (tertiary/aromatic N) is 2. The summed E-state index contributed by atoms with van der Waals surface area (Å²) >= 11 is 0. The second-order valence-corrected chi connectivity index (χ2v) is 8.69. The average molecular weight is 425 g/mol. The first-order valence-electron chi connectivity index (χ1n) is 11.8. The van der Waals surface area contributed by atoms with Gasteiger partial charge in [0.05, 0.1) is 18.3 Å². The molecule has 0 radical (unpaired) electrons.